The van der Waals surface area contributed by atoms with E-state index < -0.39 is 0 Å². The molecule has 2 atom stereocenters. The predicted molar refractivity (Wildman–Crippen MR) is 95.7 cm³/mol. The SMILES string of the molecule is c1ccc(Oc2ccc(CN[C@H]3CCO[C@@]4(CCSC4)C3)o2)cc1. The lowest BCUT2D eigenvalue weighted by Crippen LogP contribution is -2.47. The van der Waals surface area contributed by atoms with Gasteiger partial charge in [-0.15, -0.1) is 0 Å². The zero-order chi connectivity index (χ0) is 16.2. The van der Waals surface area contributed by atoms with Gasteiger partial charge in [0.05, 0.1) is 12.1 Å². The van der Waals surface area contributed by atoms with Crippen LogP contribution in [0.4, 0.5) is 0 Å². The Hall–Kier alpha value is -1.43. The van der Waals surface area contributed by atoms with Crippen LogP contribution in [0.15, 0.2) is 46.9 Å². The van der Waals surface area contributed by atoms with Gasteiger partial charge in [-0.05, 0) is 43.2 Å². The third-order valence-electron chi connectivity index (χ3n) is 4.72. The Kier molecular flexibility index (Phi) is 4.83. The Bertz CT molecular complexity index is 652. The quantitative estimate of drug-likeness (QED) is 0.879. The van der Waals surface area contributed by atoms with E-state index in [-0.39, 0.29) is 5.60 Å². The van der Waals surface area contributed by atoms with Gasteiger partial charge in [0.2, 0.25) is 0 Å². The van der Waals surface area contributed by atoms with E-state index in [1.54, 1.807) is 0 Å². The zero-order valence-corrected chi connectivity index (χ0v) is 14.5. The minimum Gasteiger partial charge on any atom is -0.429 e. The van der Waals surface area contributed by atoms with E-state index in [0.29, 0.717) is 12.0 Å². The molecule has 3 heterocycles. The van der Waals surface area contributed by atoms with Crippen LogP contribution in [0.25, 0.3) is 0 Å². The number of thioether (sulfide) groups is 1. The third kappa shape index (κ3) is 3.79. The first-order valence-corrected chi connectivity index (χ1v) is 9.74. The molecular weight excluding hydrogens is 322 g/mol. The first kappa shape index (κ1) is 16.1. The van der Waals surface area contributed by atoms with E-state index in [9.17, 15) is 0 Å². The lowest BCUT2D eigenvalue weighted by molar-refractivity contribution is -0.0704. The second kappa shape index (κ2) is 7.21. The van der Waals surface area contributed by atoms with Crippen molar-refractivity contribution in [3.05, 3.63) is 48.2 Å². The number of para-hydroxylation sites is 1. The molecule has 2 fully saturated rings. The van der Waals surface area contributed by atoms with Gasteiger partial charge >= 0.3 is 0 Å². The topological polar surface area (TPSA) is 43.6 Å². The van der Waals surface area contributed by atoms with Crippen molar-refractivity contribution in [1.82, 2.24) is 5.32 Å². The van der Waals surface area contributed by atoms with Gasteiger partial charge in [0.25, 0.3) is 5.95 Å². The molecule has 2 saturated heterocycles. The number of hydrogen-bond acceptors (Lipinski definition) is 5. The average molecular weight is 345 g/mol. The van der Waals surface area contributed by atoms with Crippen molar-refractivity contribution in [1.29, 1.82) is 0 Å². The Labute approximate surface area is 146 Å². The molecule has 4 nitrogen and oxygen atoms in total. The molecule has 0 bridgehead atoms. The number of furan rings is 1. The number of benzene rings is 1. The van der Waals surface area contributed by atoms with Crippen LogP contribution in [0, 0.1) is 0 Å². The summed E-state index contributed by atoms with van der Waals surface area (Å²) in [7, 11) is 0. The van der Waals surface area contributed by atoms with Crippen molar-refractivity contribution in [2.75, 3.05) is 18.1 Å². The number of nitrogens with one attached hydrogen (secondary N) is 1. The molecule has 2 aromatic rings. The summed E-state index contributed by atoms with van der Waals surface area (Å²) in [6.45, 7) is 1.59. The minimum atomic E-state index is 0.116. The predicted octanol–water partition coefficient (Wildman–Crippen LogP) is 4.22. The van der Waals surface area contributed by atoms with Crippen LogP contribution in [0.5, 0.6) is 11.7 Å². The van der Waals surface area contributed by atoms with Crippen molar-refractivity contribution >= 4 is 11.8 Å². The first-order chi connectivity index (χ1) is 11.8. The highest BCUT2D eigenvalue weighted by Crippen LogP contribution is 2.38. The molecule has 128 valence electrons. The molecule has 1 N–H and O–H groups in total. The highest BCUT2D eigenvalue weighted by atomic mass is 32.2. The van der Waals surface area contributed by atoms with Crippen LogP contribution in [-0.2, 0) is 11.3 Å². The van der Waals surface area contributed by atoms with Crippen LogP contribution < -0.4 is 10.1 Å². The fraction of sp³-hybridized carbons (Fsp3) is 0.474. The second-order valence-electron chi connectivity index (χ2n) is 6.54. The summed E-state index contributed by atoms with van der Waals surface area (Å²) in [4.78, 5) is 0. The normalized spacial score (nSPS) is 26.8. The summed E-state index contributed by atoms with van der Waals surface area (Å²) in [6.07, 6.45) is 3.36. The van der Waals surface area contributed by atoms with Gasteiger partial charge in [0.1, 0.15) is 11.5 Å². The standard InChI is InChI=1S/C19H23NO3S/c1-2-4-16(5-3-1)22-18-7-6-17(23-18)13-20-15-8-10-21-19(12-15)9-11-24-14-19/h1-7,15,20H,8-14H2/t15-,19-/m0/s1. The molecule has 0 saturated carbocycles. The Morgan fingerprint density at radius 3 is 2.96 bits per heavy atom. The van der Waals surface area contributed by atoms with Crippen molar-refractivity contribution in [3.63, 3.8) is 0 Å². The first-order valence-electron chi connectivity index (χ1n) is 8.58. The molecule has 5 heteroatoms. The van der Waals surface area contributed by atoms with E-state index in [0.717, 1.165) is 43.3 Å². The maximum atomic E-state index is 6.07. The van der Waals surface area contributed by atoms with Gasteiger partial charge in [-0.1, -0.05) is 18.2 Å². The molecule has 0 aliphatic carbocycles. The van der Waals surface area contributed by atoms with Gasteiger partial charge in [0, 0.05) is 24.5 Å². The van der Waals surface area contributed by atoms with E-state index >= 15 is 0 Å². The molecule has 2 aliphatic rings. The number of ether oxygens (including phenoxy) is 2. The second-order valence-corrected chi connectivity index (χ2v) is 7.65. The van der Waals surface area contributed by atoms with E-state index in [4.69, 9.17) is 13.9 Å². The largest absolute Gasteiger partial charge is 0.429 e. The van der Waals surface area contributed by atoms with Gasteiger partial charge in [-0.2, -0.15) is 11.8 Å². The summed E-state index contributed by atoms with van der Waals surface area (Å²) < 4.78 is 17.6. The number of hydrogen-bond donors (Lipinski definition) is 1. The van der Waals surface area contributed by atoms with Crippen molar-refractivity contribution in [3.8, 4) is 11.7 Å². The summed E-state index contributed by atoms with van der Waals surface area (Å²) in [5, 5.41) is 3.63. The zero-order valence-electron chi connectivity index (χ0n) is 13.7. The minimum absolute atomic E-state index is 0.116. The van der Waals surface area contributed by atoms with E-state index in [2.05, 4.69) is 5.32 Å². The smallest absolute Gasteiger partial charge is 0.290 e. The third-order valence-corrected chi connectivity index (χ3v) is 5.95. The molecule has 4 rings (SSSR count). The Morgan fingerprint density at radius 1 is 1.21 bits per heavy atom. The van der Waals surface area contributed by atoms with Gasteiger partial charge in [-0.3, -0.25) is 0 Å². The molecule has 1 aromatic heterocycles. The molecule has 24 heavy (non-hydrogen) atoms. The molecule has 1 aromatic carbocycles. The molecule has 0 unspecified atom stereocenters. The summed E-state index contributed by atoms with van der Waals surface area (Å²) >= 11 is 2.01. The molecular formula is C19H23NO3S. The van der Waals surface area contributed by atoms with Crippen LogP contribution in [0.3, 0.4) is 0 Å². The van der Waals surface area contributed by atoms with Crippen molar-refractivity contribution in [2.45, 2.75) is 37.5 Å². The van der Waals surface area contributed by atoms with E-state index in [1.807, 2.05) is 54.2 Å². The average Bonchev–Trinajstić information content (AvgIpc) is 3.24. The highest BCUT2D eigenvalue weighted by Gasteiger charge is 2.40. The molecule has 0 radical (unpaired) electrons. The maximum Gasteiger partial charge on any atom is 0.290 e. The van der Waals surface area contributed by atoms with Gasteiger partial charge in [0.15, 0.2) is 0 Å². The fourth-order valence-corrected chi connectivity index (χ4v) is 4.80. The van der Waals surface area contributed by atoms with Crippen LogP contribution >= 0.6 is 11.8 Å². The van der Waals surface area contributed by atoms with Crippen molar-refractivity contribution in [2.24, 2.45) is 0 Å². The maximum absolute atomic E-state index is 6.07. The summed E-state index contributed by atoms with van der Waals surface area (Å²) in [5.41, 5.74) is 0.116. The lowest BCUT2D eigenvalue weighted by Gasteiger charge is -2.38. The Morgan fingerprint density at radius 2 is 2.12 bits per heavy atom. The van der Waals surface area contributed by atoms with Gasteiger partial charge in [-0.25, -0.2) is 0 Å². The fourth-order valence-electron chi connectivity index (χ4n) is 3.42. The van der Waals surface area contributed by atoms with Crippen LogP contribution in [0.2, 0.25) is 0 Å². The molecule has 1 spiro atoms. The molecule has 0 amide bonds. The molecule has 2 aliphatic heterocycles. The van der Waals surface area contributed by atoms with Gasteiger partial charge < -0.3 is 19.2 Å². The highest BCUT2D eigenvalue weighted by molar-refractivity contribution is 7.99. The lowest BCUT2D eigenvalue weighted by atomic mass is 9.90. The number of rotatable bonds is 5. The monoisotopic (exact) mass is 345 g/mol. The van der Waals surface area contributed by atoms with Crippen LogP contribution in [0.1, 0.15) is 25.0 Å². The van der Waals surface area contributed by atoms with Crippen molar-refractivity contribution < 1.29 is 13.9 Å². The summed E-state index contributed by atoms with van der Waals surface area (Å²) in [5.74, 6) is 4.60. The Balaban J connectivity index is 1.30. The summed E-state index contributed by atoms with van der Waals surface area (Å²) in [6, 6.07) is 14.1. The van der Waals surface area contributed by atoms with E-state index in [1.165, 1.54) is 12.2 Å². The van der Waals surface area contributed by atoms with Crippen LogP contribution in [-0.4, -0.2) is 29.8 Å².